The minimum absolute atomic E-state index is 0.346. The van der Waals surface area contributed by atoms with Gasteiger partial charge in [0, 0.05) is 9.79 Å². The molecule has 0 radical (unpaired) electrons. The Kier molecular flexibility index (Phi) is 5.28. The van der Waals surface area contributed by atoms with Gasteiger partial charge in [0.2, 0.25) is 0 Å². The quantitative estimate of drug-likeness (QED) is 0.481. The second-order valence-electron chi connectivity index (χ2n) is 3.76. The summed E-state index contributed by atoms with van der Waals surface area (Å²) < 4.78 is 72.7. The van der Waals surface area contributed by atoms with Gasteiger partial charge in [-0.3, -0.25) is 9.59 Å². The molecule has 1 aromatic rings. The first kappa shape index (κ1) is 18.5. The first-order valence-electron chi connectivity index (χ1n) is 5.15. The van der Waals surface area contributed by atoms with Crippen molar-refractivity contribution >= 4 is 48.4 Å². The van der Waals surface area contributed by atoms with Crippen LogP contribution < -0.4 is 10.6 Å². The summed E-state index contributed by atoms with van der Waals surface area (Å²) in [6.07, 6.45) is -10.3. The van der Waals surface area contributed by atoms with Crippen molar-refractivity contribution in [3.63, 3.8) is 0 Å². The lowest BCUT2D eigenvalue weighted by molar-refractivity contribution is -0.167. The van der Waals surface area contributed by atoms with Gasteiger partial charge in [0.15, 0.2) is 0 Å². The molecular formula is C10H6F6N2O2S2. The number of thiol groups is 2. The largest absolute Gasteiger partial charge is 0.471 e. The molecule has 12 heteroatoms. The smallest absolute Gasteiger partial charge is 0.317 e. The van der Waals surface area contributed by atoms with E-state index in [1.54, 1.807) is 0 Å². The molecule has 0 aliphatic carbocycles. The molecular weight excluding hydrogens is 358 g/mol. The van der Waals surface area contributed by atoms with Crippen LogP contribution in [0, 0.1) is 0 Å². The summed E-state index contributed by atoms with van der Waals surface area (Å²) in [5.74, 6) is -4.58. The molecule has 0 saturated carbocycles. The number of carbonyl (C=O) groups excluding carboxylic acids is 2. The van der Waals surface area contributed by atoms with Crippen LogP contribution in [-0.2, 0) is 9.59 Å². The summed E-state index contributed by atoms with van der Waals surface area (Å²) in [5, 5.41) is 2.96. The van der Waals surface area contributed by atoms with E-state index in [-0.39, 0.29) is 9.79 Å². The molecule has 0 atom stereocenters. The molecule has 0 heterocycles. The maximum absolute atomic E-state index is 12.1. The number of carbonyl (C=O) groups is 2. The summed E-state index contributed by atoms with van der Waals surface area (Å²) in [5.41, 5.74) is -0.860. The average molecular weight is 364 g/mol. The van der Waals surface area contributed by atoms with E-state index in [1.807, 2.05) is 0 Å². The van der Waals surface area contributed by atoms with Crippen LogP contribution in [0.1, 0.15) is 0 Å². The Morgan fingerprint density at radius 3 is 1.27 bits per heavy atom. The lowest BCUT2D eigenvalue weighted by Gasteiger charge is -2.15. The van der Waals surface area contributed by atoms with Gasteiger partial charge in [-0.2, -0.15) is 26.3 Å². The van der Waals surface area contributed by atoms with Gasteiger partial charge in [0.1, 0.15) is 0 Å². The number of halogens is 6. The van der Waals surface area contributed by atoms with Gasteiger partial charge in [0.05, 0.1) is 11.4 Å². The Morgan fingerprint density at radius 1 is 0.773 bits per heavy atom. The van der Waals surface area contributed by atoms with Crippen LogP contribution in [0.2, 0.25) is 0 Å². The topological polar surface area (TPSA) is 58.2 Å². The zero-order valence-electron chi connectivity index (χ0n) is 10.1. The fourth-order valence-electron chi connectivity index (χ4n) is 1.17. The lowest BCUT2D eigenvalue weighted by Crippen LogP contribution is -2.31. The summed E-state index contributed by atoms with van der Waals surface area (Å²) in [6, 6.07) is 1.69. The monoisotopic (exact) mass is 364 g/mol. The molecule has 22 heavy (non-hydrogen) atoms. The molecule has 0 aliphatic heterocycles. The molecule has 1 rings (SSSR count). The predicted molar refractivity (Wildman–Crippen MR) is 70.3 cm³/mol. The average Bonchev–Trinajstić information content (AvgIpc) is 2.35. The molecule has 2 amide bonds. The second-order valence-corrected chi connectivity index (χ2v) is 4.66. The maximum Gasteiger partial charge on any atom is 0.471 e. The molecule has 0 aliphatic rings. The van der Waals surface area contributed by atoms with E-state index < -0.39 is 35.5 Å². The fraction of sp³-hybridized carbons (Fsp3) is 0.200. The summed E-state index contributed by atoms with van der Waals surface area (Å²) >= 11 is 7.51. The van der Waals surface area contributed by atoms with Crippen molar-refractivity contribution < 1.29 is 35.9 Å². The van der Waals surface area contributed by atoms with Crippen molar-refractivity contribution in [3.8, 4) is 0 Å². The Balaban J connectivity index is 3.03. The highest BCUT2D eigenvalue weighted by atomic mass is 32.1. The lowest BCUT2D eigenvalue weighted by atomic mass is 10.2. The van der Waals surface area contributed by atoms with E-state index in [4.69, 9.17) is 0 Å². The number of anilines is 2. The third kappa shape index (κ3) is 4.47. The van der Waals surface area contributed by atoms with Gasteiger partial charge in [0.25, 0.3) is 0 Å². The van der Waals surface area contributed by atoms with Crippen molar-refractivity contribution in [3.05, 3.63) is 12.1 Å². The first-order valence-corrected chi connectivity index (χ1v) is 6.04. The van der Waals surface area contributed by atoms with Crippen LogP contribution in [0.5, 0.6) is 0 Å². The number of amides is 2. The van der Waals surface area contributed by atoms with E-state index in [0.717, 1.165) is 12.1 Å². The maximum atomic E-state index is 12.1. The molecule has 0 bridgehead atoms. The Labute approximate surface area is 130 Å². The van der Waals surface area contributed by atoms with Gasteiger partial charge in [-0.1, -0.05) is 0 Å². The van der Waals surface area contributed by atoms with Gasteiger partial charge in [-0.25, -0.2) is 0 Å². The molecule has 2 N–H and O–H groups in total. The van der Waals surface area contributed by atoms with Crippen molar-refractivity contribution in [1.29, 1.82) is 0 Å². The van der Waals surface area contributed by atoms with Gasteiger partial charge in [-0.05, 0) is 12.1 Å². The summed E-state index contributed by atoms with van der Waals surface area (Å²) in [7, 11) is 0. The Bertz CT molecular complexity index is 562. The van der Waals surface area contributed by atoms with Gasteiger partial charge < -0.3 is 10.6 Å². The minimum atomic E-state index is -5.15. The standard InChI is InChI=1S/C10H6F6N2O2S2/c11-9(12,13)7(19)17-3-1-2-4(6(22)5(3)21)18-8(20)10(14,15)16/h1-2,21-22H,(H,17,19)(H,18,20). The van der Waals surface area contributed by atoms with E-state index >= 15 is 0 Å². The van der Waals surface area contributed by atoms with Crippen molar-refractivity contribution in [1.82, 2.24) is 0 Å². The number of hydrogen-bond acceptors (Lipinski definition) is 4. The highest BCUT2D eigenvalue weighted by molar-refractivity contribution is 7.83. The third-order valence-corrected chi connectivity index (χ3v) is 3.27. The molecule has 122 valence electrons. The van der Waals surface area contributed by atoms with Crippen LogP contribution in [0.15, 0.2) is 21.9 Å². The highest BCUT2D eigenvalue weighted by Gasteiger charge is 2.40. The SMILES string of the molecule is O=C(Nc1ccc(NC(=O)C(F)(F)F)c(S)c1S)C(F)(F)F. The van der Waals surface area contributed by atoms with E-state index in [1.165, 1.54) is 10.6 Å². The van der Waals surface area contributed by atoms with E-state index in [2.05, 4.69) is 25.3 Å². The Hall–Kier alpha value is -1.56. The normalized spacial score (nSPS) is 12.0. The van der Waals surface area contributed by atoms with E-state index in [0.29, 0.717) is 0 Å². The zero-order valence-corrected chi connectivity index (χ0v) is 11.9. The van der Waals surface area contributed by atoms with Crippen LogP contribution in [-0.4, -0.2) is 24.2 Å². The zero-order chi connectivity index (χ0) is 17.3. The van der Waals surface area contributed by atoms with Crippen LogP contribution in [0.25, 0.3) is 0 Å². The van der Waals surface area contributed by atoms with Crippen molar-refractivity contribution in [2.75, 3.05) is 10.6 Å². The fourth-order valence-corrected chi connectivity index (χ4v) is 1.67. The number of hydrogen-bond donors (Lipinski definition) is 4. The highest BCUT2D eigenvalue weighted by Crippen LogP contribution is 2.34. The first-order chi connectivity index (χ1) is 9.84. The van der Waals surface area contributed by atoms with Crippen molar-refractivity contribution in [2.24, 2.45) is 0 Å². The predicted octanol–water partition coefficient (Wildman–Crippen LogP) is 3.27. The summed E-state index contributed by atoms with van der Waals surface area (Å²) in [6.45, 7) is 0. The van der Waals surface area contributed by atoms with Gasteiger partial charge >= 0.3 is 24.2 Å². The molecule has 0 fully saturated rings. The molecule has 0 unspecified atom stereocenters. The second kappa shape index (κ2) is 6.28. The van der Waals surface area contributed by atoms with Crippen LogP contribution in [0.3, 0.4) is 0 Å². The number of rotatable bonds is 2. The van der Waals surface area contributed by atoms with E-state index in [9.17, 15) is 35.9 Å². The van der Waals surface area contributed by atoms with Gasteiger partial charge in [-0.15, -0.1) is 25.3 Å². The number of nitrogens with one attached hydrogen (secondary N) is 2. The molecule has 1 aromatic carbocycles. The molecule has 0 saturated heterocycles. The Morgan fingerprint density at radius 2 is 1.05 bits per heavy atom. The minimum Gasteiger partial charge on any atom is -0.317 e. The molecule has 0 aromatic heterocycles. The summed E-state index contributed by atoms with van der Waals surface area (Å²) in [4.78, 5) is 20.9. The number of benzene rings is 1. The van der Waals surface area contributed by atoms with Crippen LogP contribution >= 0.6 is 25.3 Å². The van der Waals surface area contributed by atoms with Crippen LogP contribution in [0.4, 0.5) is 37.7 Å². The van der Waals surface area contributed by atoms with Crippen molar-refractivity contribution in [2.45, 2.75) is 22.1 Å². The molecule has 0 spiro atoms. The third-order valence-electron chi connectivity index (χ3n) is 2.16. The number of alkyl halides is 6. The molecule has 4 nitrogen and oxygen atoms in total.